The van der Waals surface area contributed by atoms with Crippen molar-refractivity contribution in [3.63, 3.8) is 0 Å². The van der Waals surface area contributed by atoms with E-state index in [1.807, 2.05) is 11.6 Å². The molecule has 146 valence electrons. The number of carbonyl (C=O) groups is 1. The zero-order valence-corrected chi connectivity index (χ0v) is 16.4. The third-order valence-corrected chi connectivity index (χ3v) is 5.57. The van der Waals surface area contributed by atoms with Gasteiger partial charge in [-0.25, -0.2) is 0 Å². The number of β-amino-alcohol motifs (C(OH)–C–C–N with tert-alkyl or cyclic N) is 1. The third kappa shape index (κ3) is 4.39. The van der Waals surface area contributed by atoms with Crippen molar-refractivity contribution in [2.75, 3.05) is 19.7 Å². The Morgan fingerprint density at radius 2 is 1.89 bits per heavy atom. The summed E-state index contributed by atoms with van der Waals surface area (Å²) in [5.41, 5.74) is 5.61. The smallest absolute Gasteiger partial charge is 0.223 e. The number of amides is 1. The van der Waals surface area contributed by atoms with Gasteiger partial charge in [0.2, 0.25) is 5.91 Å². The summed E-state index contributed by atoms with van der Waals surface area (Å²) in [6.07, 6.45) is 0.406. The van der Waals surface area contributed by atoms with Crippen LogP contribution in [-0.2, 0) is 17.8 Å². The molecular formula is C21H29N3O3. The maximum atomic E-state index is 12.5. The van der Waals surface area contributed by atoms with E-state index in [-0.39, 0.29) is 18.4 Å². The van der Waals surface area contributed by atoms with E-state index in [9.17, 15) is 15.0 Å². The Labute approximate surface area is 160 Å². The van der Waals surface area contributed by atoms with Crippen molar-refractivity contribution in [2.24, 2.45) is 5.92 Å². The zero-order valence-electron chi connectivity index (χ0n) is 16.4. The molecule has 2 heterocycles. The Hall–Kier alpha value is -2.18. The lowest BCUT2D eigenvalue weighted by Gasteiger charge is -2.15. The molecule has 1 fully saturated rings. The number of hydrogen-bond acceptors (Lipinski definition) is 4. The fourth-order valence-corrected chi connectivity index (χ4v) is 3.74. The van der Waals surface area contributed by atoms with Crippen LogP contribution in [-0.4, -0.2) is 56.6 Å². The van der Waals surface area contributed by atoms with Gasteiger partial charge in [-0.15, -0.1) is 0 Å². The van der Waals surface area contributed by atoms with Crippen molar-refractivity contribution in [2.45, 2.75) is 46.3 Å². The largest absolute Gasteiger partial charge is 0.396 e. The van der Waals surface area contributed by atoms with Crippen molar-refractivity contribution in [3.05, 3.63) is 52.3 Å². The van der Waals surface area contributed by atoms with Crippen molar-refractivity contribution in [1.82, 2.24) is 14.7 Å². The summed E-state index contributed by atoms with van der Waals surface area (Å²) < 4.78 is 2.00. The highest BCUT2D eigenvalue weighted by Crippen LogP contribution is 2.20. The molecule has 0 aliphatic carbocycles. The molecular weight excluding hydrogens is 342 g/mol. The number of rotatable bonds is 6. The summed E-state index contributed by atoms with van der Waals surface area (Å²) in [4.78, 5) is 14.1. The number of aryl methyl sites for hydroxylation is 2. The molecule has 0 saturated carbocycles. The Kier molecular flexibility index (Phi) is 5.97. The van der Waals surface area contributed by atoms with E-state index >= 15 is 0 Å². The van der Waals surface area contributed by atoms with Gasteiger partial charge >= 0.3 is 0 Å². The molecule has 6 nitrogen and oxygen atoms in total. The Balaban J connectivity index is 1.63. The van der Waals surface area contributed by atoms with Crippen LogP contribution in [0.1, 0.15) is 34.5 Å². The van der Waals surface area contributed by atoms with Gasteiger partial charge in [-0.3, -0.25) is 9.48 Å². The molecule has 2 unspecified atom stereocenters. The van der Waals surface area contributed by atoms with Crippen molar-refractivity contribution in [3.8, 4) is 0 Å². The number of nitrogens with zero attached hydrogens (tertiary/aromatic N) is 3. The summed E-state index contributed by atoms with van der Waals surface area (Å²) in [5.74, 6) is -0.204. The minimum atomic E-state index is -0.625. The topological polar surface area (TPSA) is 78.6 Å². The predicted octanol–water partition coefficient (Wildman–Crippen LogP) is 1.60. The molecule has 2 atom stereocenters. The molecule has 1 aromatic heterocycles. The average Bonchev–Trinajstić information content (AvgIpc) is 3.15. The summed E-state index contributed by atoms with van der Waals surface area (Å²) in [5, 5.41) is 23.8. The van der Waals surface area contributed by atoms with E-state index < -0.39 is 6.10 Å². The highest BCUT2D eigenvalue weighted by molar-refractivity contribution is 5.77. The minimum absolute atomic E-state index is 0.0232. The van der Waals surface area contributed by atoms with Gasteiger partial charge in [0, 0.05) is 31.1 Å². The van der Waals surface area contributed by atoms with E-state index in [4.69, 9.17) is 0 Å². The Bertz CT molecular complexity index is 798. The lowest BCUT2D eigenvalue weighted by atomic mass is 10.1. The van der Waals surface area contributed by atoms with Gasteiger partial charge in [0.05, 0.1) is 24.9 Å². The fourth-order valence-electron chi connectivity index (χ4n) is 3.74. The maximum Gasteiger partial charge on any atom is 0.223 e. The zero-order chi connectivity index (χ0) is 19.6. The molecule has 3 rings (SSSR count). The van der Waals surface area contributed by atoms with Gasteiger partial charge in [0.25, 0.3) is 0 Å². The number of likely N-dealkylation sites (tertiary alicyclic amines) is 1. The van der Waals surface area contributed by atoms with Crippen LogP contribution in [0.5, 0.6) is 0 Å². The van der Waals surface area contributed by atoms with Crippen molar-refractivity contribution >= 4 is 5.91 Å². The first-order chi connectivity index (χ1) is 12.9. The van der Waals surface area contributed by atoms with Gasteiger partial charge in [0.1, 0.15) is 0 Å². The first-order valence-electron chi connectivity index (χ1n) is 9.54. The van der Waals surface area contributed by atoms with Crippen LogP contribution in [0.2, 0.25) is 0 Å². The second-order valence-corrected chi connectivity index (χ2v) is 7.60. The fraction of sp³-hybridized carbons (Fsp3) is 0.524. The molecule has 2 N–H and O–H groups in total. The van der Waals surface area contributed by atoms with E-state index in [1.165, 1.54) is 11.1 Å². The molecule has 0 bridgehead atoms. The number of aliphatic hydroxyl groups excluding tert-OH is 2. The standard InChI is InChI=1S/C21H29N3O3/c1-14-4-6-17(7-5-14)10-24-16(3)19(15(2)22-24)8-9-21(27)23-11-18(13-25)20(26)12-23/h4-7,18,20,25-26H,8-13H2,1-3H3. The highest BCUT2D eigenvalue weighted by atomic mass is 16.3. The average molecular weight is 371 g/mol. The number of aromatic nitrogens is 2. The molecule has 0 spiro atoms. The van der Waals surface area contributed by atoms with E-state index in [0.717, 1.165) is 23.5 Å². The second kappa shape index (κ2) is 8.23. The normalized spacial score (nSPS) is 19.7. The lowest BCUT2D eigenvalue weighted by molar-refractivity contribution is -0.130. The predicted molar refractivity (Wildman–Crippen MR) is 103 cm³/mol. The van der Waals surface area contributed by atoms with Crippen LogP contribution in [0.3, 0.4) is 0 Å². The molecule has 1 aromatic carbocycles. The summed E-state index contributed by atoms with van der Waals surface area (Å²) >= 11 is 0. The quantitative estimate of drug-likeness (QED) is 0.808. The molecule has 27 heavy (non-hydrogen) atoms. The number of benzene rings is 1. The highest BCUT2D eigenvalue weighted by Gasteiger charge is 2.33. The number of hydrogen-bond donors (Lipinski definition) is 2. The van der Waals surface area contributed by atoms with Crippen LogP contribution in [0, 0.1) is 26.7 Å². The molecule has 1 amide bonds. The molecule has 1 saturated heterocycles. The minimum Gasteiger partial charge on any atom is -0.396 e. The first-order valence-corrected chi connectivity index (χ1v) is 9.54. The van der Waals surface area contributed by atoms with Crippen LogP contribution in [0.25, 0.3) is 0 Å². The van der Waals surface area contributed by atoms with Crippen molar-refractivity contribution < 1.29 is 15.0 Å². The lowest BCUT2D eigenvalue weighted by Crippen LogP contribution is -2.29. The number of carbonyl (C=O) groups excluding carboxylic acids is 1. The SMILES string of the molecule is Cc1ccc(Cn2nc(C)c(CCC(=O)N3CC(O)C(CO)C3)c2C)cc1. The van der Waals surface area contributed by atoms with Crippen LogP contribution in [0.15, 0.2) is 24.3 Å². The van der Waals surface area contributed by atoms with Gasteiger partial charge in [-0.2, -0.15) is 5.10 Å². The molecule has 1 aliphatic heterocycles. The monoisotopic (exact) mass is 371 g/mol. The molecule has 1 aliphatic rings. The molecule has 6 heteroatoms. The molecule has 2 aromatic rings. The second-order valence-electron chi connectivity index (χ2n) is 7.60. The van der Waals surface area contributed by atoms with E-state index in [2.05, 4.69) is 43.2 Å². The summed E-state index contributed by atoms with van der Waals surface area (Å²) in [6, 6.07) is 8.44. The van der Waals surface area contributed by atoms with Crippen LogP contribution in [0.4, 0.5) is 0 Å². The van der Waals surface area contributed by atoms with Crippen LogP contribution < -0.4 is 0 Å². The van der Waals surface area contributed by atoms with Gasteiger partial charge < -0.3 is 15.1 Å². The third-order valence-electron chi connectivity index (χ3n) is 5.57. The van der Waals surface area contributed by atoms with Crippen molar-refractivity contribution in [1.29, 1.82) is 0 Å². The Morgan fingerprint density at radius 3 is 2.52 bits per heavy atom. The summed E-state index contributed by atoms with van der Waals surface area (Å²) in [7, 11) is 0. The van der Waals surface area contributed by atoms with E-state index in [1.54, 1.807) is 4.90 Å². The van der Waals surface area contributed by atoms with E-state index in [0.29, 0.717) is 25.9 Å². The van der Waals surface area contributed by atoms with Gasteiger partial charge in [-0.05, 0) is 38.3 Å². The van der Waals surface area contributed by atoms with Gasteiger partial charge in [-0.1, -0.05) is 29.8 Å². The number of aliphatic hydroxyl groups is 2. The maximum absolute atomic E-state index is 12.5. The molecule has 0 radical (unpaired) electrons. The summed E-state index contributed by atoms with van der Waals surface area (Å²) in [6.45, 7) is 7.49. The van der Waals surface area contributed by atoms with Crippen LogP contribution >= 0.6 is 0 Å². The van der Waals surface area contributed by atoms with Gasteiger partial charge in [0.15, 0.2) is 0 Å². The Morgan fingerprint density at radius 1 is 1.19 bits per heavy atom. The first kappa shape index (κ1) is 19.6.